The summed E-state index contributed by atoms with van der Waals surface area (Å²) in [5.74, 6) is 0. The number of nitrogens with zero attached hydrogens (tertiary/aromatic N) is 1. The molecule has 0 unspecified atom stereocenters. The highest BCUT2D eigenvalue weighted by Gasteiger charge is 2.17. The van der Waals surface area contributed by atoms with Crippen LogP contribution in [0.2, 0.25) is 5.15 Å². The monoisotopic (exact) mass is 311 g/mol. The normalized spacial score (nSPS) is 11.3. The summed E-state index contributed by atoms with van der Waals surface area (Å²) >= 11 is 5.88. The van der Waals surface area contributed by atoms with Gasteiger partial charge in [-0.25, -0.2) is 13.4 Å². The number of nitrogen functional groups attached to an aromatic ring is 1. The maximum absolute atomic E-state index is 12.3. The van der Waals surface area contributed by atoms with Gasteiger partial charge in [0.1, 0.15) is 0 Å². The number of halogens is 1. The van der Waals surface area contributed by atoms with E-state index < -0.39 is 10.0 Å². The SMILES string of the molecule is Cc1cnc(Cl)c(NS(=O)(=O)c2ccc(C)c(N)c2)c1. The van der Waals surface area contributed by atoms with Gasteiger partial charge in [0.25, 0.3) is 10.0 Å². The number of nitrogens with two attached hydrogens (primary N) is 1. The average molecular weight is 312 g/mol. The van der Waals surface area contributed by atoms with E-state index in [4.69, 9.17) is 17.3 Å². The van der Waals surface area contributed by atoms with Gasteiger partial charge in [-0.1, -0.05) is 17.7 Å². The van der Waals surface area contributed by atoms with Crippen LogP contribution in [0.4, 0.5) is 11.4 Å². The Kier molecular flexibility index (Phi) is 3.87. The van der Waals surface area contributed by atoms with Crippen LogP contribution in [0.5, 0.6) is 0 Å². The third kappa shape index (κ3) is 3.02. The van der Waals surface area contributed by atoms with Gasteiger partial charge < -0.3 is 5.73 Å². The minimum absolute atomic E-state index is 0.0816. The summed E-state index contributed by atoms with van der Waals surface area (Å²) in [5.41, 5.74) is 8.01. The molecule has 0 atom stereocenters. The third-order valence-corrected chi connectivity index (χ3v) is 4.45. The molecule has 0 spiro atoms. The van der Waals surface area contributed by atoms with Crippen molar-refractivity contribution in [3.63, 3.8) is 0 Å². The van der Waals surface area contributed by atoms with E-state index in [2.05, 4.69) is 9.71 Å². The summed E-state index contributed by atoms with van der Waals surface area (Å²) in [6, 6.07) is 6.17. The molecule has 1 aromatic carbocycles. The molecular weight excluding hydrogens is 298 g/mol. The number of hydrogen-bond donors (Lipinski definition) is 2. The van der Waals surface area contributed by atoms with E-state index in [0.29, 0.717) is 5.69 Å². The lowest BCUT2D eigenvalue weighted by Crippen LogP contribution is -2.14. The predicted octanol–water partition coefficient (Wildman–Crippen LogP) is 2.73. The Morgan fingerprint density at radius 1 is 1.25 bits per heavy atom. The highest BCUT2D eigenvalue weighted by atomic mass is 35.5. The standard InChI is InChI=1S/C13H14ClN3O2S/c1-8-5-12(13(14)16-7-8)17-20(18,19)10-4-3-9(2)11(15)6-10/h3-7,17H,15H2,1-2H3. The Morgan fingerprint density at radius 2 is 1.95 bits per heavy atom. The molecule has 0 aliphatic carbocycles. The van der Waals surface area contributed by atoms with Crippen LogP contribution in [-0.2, 0) is 10.0 Å². The maximum Gasteiger partial charge on any atom is 0.262 e. The van der Waals surface area contributed by atoms with Crippen LogP contribution in [0.3, 0.4) is 0 Å². The number of aromatic nitrogens is 1. The first-order valence-electron chi connectivity index (χ1n) is 5.81. The van der Waals surface area contributed by atoms with Gasteiger partial charge >= 0.3 is 0 Å². The van der Waals surface area contributed by atoms with E-state index in [1.54, 1.807) is 32.2 Å². The van der Waals surface area contributed by atoms with Gasteiger partial charge in [0.15, 0.2) is 5.15 Å². The first-order valence-corrected chi connectivity index (χ1v) is 7.67. The molecule has 5 nitrogen and oxygen atoms in total. The zero-order valence-corrected chi connectivity index (χ0v) is 12.6. The number of rotatable bonds is 3. The van der Waals surface area contributed by atoms with E-state index >= 15 is 0 Å². The molecule has 106 valence electrons. The molecule has 20 heavy (non-hydrogen) atoms. The van der Waals surface area contributed by atoms with Crippen molar-refractivity contribution >= 4 is 33.0 Å². The highest BCUT2D eigenvalue weighted by Crippen LogP contribution is 2.24. The lowest BCUT2D eigenvalue weighted by atomic mass is 10.2. The van der Waals surface area contributed by atoms with Crippen LogP contribution in [0, 0.1) is 13.8 Å². The van der Waals surface area contributed by atoms with Crippen LogP contribution in [0.15, 0.2) is 35.4 Å². The van der Waals surface area contributed by atoms with Crippen molar-refractivity contribution in [2.45, 2.75) is 18.7 Å². The number of anilines is 2. The van der Waals surface area contributed by atoms with Gasteiger partial charge in [-0.3, -0.25) is 4.72 Å². The summed E-state index contributed by atoms with van der Waals surface area (Å²) in [4.78, 5) is 3.98. The fourth-order valence-electron chi connectivity index (χ4n) is 1.61. The van der Waals surface area contributed by atoms with E-state index in [9.17, 15) is 8.42 Å². The molecule has 2 aromatic rings. The number of pyridine rings is 1. The topological polar surface area (TPSA) is 85.1 Å². The second-order valence-electron chi connectivity index (χ2n) is 4.47. The fourth-order valence-corrected chi connectivity index (χ4v) is 2.91. The number of benzene rings is 1. The van der Waals surface area contributed by atoms with Crippen molar-refractivity contribution < 1.29 is 8.42 Å². The summed E-state index contributed by atoms with van der Waals surface area (Å²) in [6.45, 7) is 3.60. The van der Waals surface area contributed by atoms with Gasteiger partial charge in [-0.05, 0) is 43.2 Å². The Labute approximate surface area is 122 Å². The average Bonchev–Trinajstić information content (AvgIpc) is 2.36. The first kappa shape index (κ1) is 14.6. The number of sulfonamides is 1. The number of hydrogen-bond acceptors (Lipinski definition) is 4. The van der Waals surface area contributed by atoms with Gasteiger partial charge in [0.05, 0.1) is 10.6 Å². The third-order valence-electron chi connectivity index (χ3n) is 2.78. The largest absolute Gasteiger partial charge is 0.398 e. The lowest BCUT2D eigenvalue weighted by Gasteiger charge is -2.11. The van der Waals surface area contributed by atoms with E-state index in [1.807, 2.05) is 0 Å². The summed E-state index contributed by atoms with van der Waals surface area (Å²) in [5, 5.41) is 0.0965. The molecule has 0 amide bonds. The van der Waals surface area contributed by atoms with Crippen LogP contribution in [0.1, 0.15) is 11.1 Å². The Bertz CT molecular complexity index is 760. The Morgan fingerprint density at radius 3 is 2.60 bits per heavy atom. The highest BCUT2D eigenvalue weighted by molar-refractivity contribution is 7.92. The van der Waals surface area contributed by atoms with Crippen LogP contribution < -0.4 is 10.5 Å². The molecule has 7 heteroatoms. The van der Waals surface area contributed by atoms with Gasteiger partial charge in [0.2, 0.25) is 0 Å². The molecule has 0 radical (unpaired) electrons. The van der Waals surface area contributed by atoms with Crippen LogP contribution in [0.25, 0.3) is 0 Å². The summed E-state index contributed by atoms with van der Waals surface area (Å²) in [6.07, 6.45) is 1.56. The minimum atomic E-state index is -3.75. The maximum atomic E-state index is 12.3. The second-order valence-corrected chi connectivity index (χ2v) is 6.52. The van der Waals surface area contributed by atoms with Gasteiger partial charge in [-0.15, -0.1) is 0 Å². The first-order chi connectivity index (χ1) is 9.29. The molecule has 0 aliphatic rings. The van der Waals surface area contributed by atoms with Crippen LogP contribution >= 0.6 is 11.6 Å². The fraction of sp³-hybridized carbons (Fsp3) is 0.154. The molecule has 0 saturated heterocycles. The van der Waals surface area contributed by atoms with Crippen molar-refractivity contribution in [2.75, 3.05) is 10.5 Å². The predicted molar refractivity (Wildman–Crippen MR) is 80.4 cm³/mol. The molecule has 0 fully saturated rings. The van der Waals surface area contributed by atoms with Gasteiger partial charge in [0, 0.05) is 11.9 Å². The van der Waals surface area contributed by atoms with E-state index in [-0.39, 0.29) is 15.7 Å². The zero-order valence-electron chi connectivity index (χ0n) is 11.0. The van der Waals surface area contributed by atoms with Crippen LogP contribution in [-0.4, -0.2) is 13.4 Å². The van der Waals surface area contributed by atoms with E-state index in [0.717, 1.165) is 11.1 Å². The van der Waals surface area contributed by atoms with Crippen molar-refractivity contribution in [3.05, 3.63) is 46.7 Å². The van der Waals surface area contributed by atoms with Crippen molar-refractivity contribution in [2.24, 2.45) is 0 Å². The van der Waals surface area contributed by atoms with Gasteiger partial charge in [-0.2, -0.15) is 0 Å². The van der Waals surface area contributed by atoms with Crippen molar-refractivity contribution in [1.82, 2.24) is 4.98 Å². The van der Waals surface area contributed by atoms with Crippen molar-refractivity contribution in [3.8, 4) is 0 Å². The molecular formula is C13H14ClN3O2S. The molecule has 1 aromatic heterocycles. The summed E-state index contributed by atoms with van der Waals surface area (Å²) in [7, 11) is -3.75. The molecule has 0 bridgehead atoms. The number of nitrogens with one attached hydrogen (secondary N) is 1. The Balaban J connectivity index is 2.40. The summed E-state index contributed by atoms with van der Waals surface area (Å²) < 4.78 is 27.0. The smallest absolute Gasteiger partial charge is 0.262 e. The molecule has 0 saturated carbocycles. The molecule has 3 N–H and O–H groups in total. The molecule has 0 aliphatic heterocycles. The zero-order chi connectivity index (χ0) is 14.9. The Hall–Kier alpha value is -1.79. The molecule has 2 rings (SSSR count). The van der Waals surface area contributed by atoms with Crippen molar-refractivity contribution in [1.29, 1.82) is 0 Å². The quantitative estimate of drug-likeness (QED) is 0.674. The lowest BCUT2D eigenvalue weighted by molar-refractivity contribution is 0.601. The number of aryl methyl sites for hydroxylation is 2. The van der Waals surface area contributed by atoms with E-state index in [1.165, 1.54) is 12.1 Å². The molecule has 1 heterocycles. The second kappa shape index (κ2) is 5.30. The minimum Gasteiger partial charge on any atom is -0.398 e.